The van der Waals surface area contributed by atoms with Gasteiger partial charge >= 0.3 is 6.03 Å². The van der Waals surface area contributed by atoms with E-state index in [1.54, 1.807) is 24.3 Å². The van der Waals surface area contributed by atoms with E-state index in [0.29, 0.717) is 28.3 Å². The van der Waals surface area contributed by atoms with Gasteiger partial charge in [-0.3, -0.25) is 20.4 Å². The molecule has 5 rings (SSSR count). The van der Waals surface area contributed by atoms with Gasteiger partial charge in [-0.25, -0.2) is 4.79 Å². The van der Waals surface area contributed by atoms with E-state index in [1.165, 1.54) is 19.3 Å². The third kappa shape index (κ3) is 4.34. The zero-order chi connectivity index (χ0) is 20.6. The first-order chi connectivity index (χ1) is 13.8. The topological polar surface area (TPSA) is 113 Å². The fourth-order valence-electron chi connectivity index (χ4n) is 6.00. The van der Waals surface area contributed by atoms with Crippen LogP contribution in [0, 0.1) is 23.2 Å². The van der Waals surface area contributed by atoms with Crippen LogP contribution in [0.2, 0.25) is 5.02 Å². The van der Waals surface area contributed by atoms with Crippen molar-refractivity contribution in [1.82, 2.24) is 16.2 Å². The first-order valence-electron chi connectivity index (χ1n) is 10.2. The van der Waals surface area contributed by atoms with E-state index >= 15 is 0 Å². The maximum absolute atomic E-state index is 12.9. The molecule has 4 bridgehead atoms. The molecule has 156 valence electrons. The van der Waals surface area contributed by atoms with Crippen LogP contribution in [-0.4, -0.2) is 17.8 Å². The zero-order valence-electron chi connectivity index (χ0n) is 16.2. The molecule has 0 aliphatic heterocycles. The van der Waals surface area contributed by atoms with Crippen LogP contribution in [0.5, 0.6) is 0 Å². The molecule has 0 radical (unpaired) electrons. The number of amides is 4. The molecule has 1 aromatic rings. The summed E-state index contributed by atoms with van der Waals surface area (Å²) >= 11 is 5.90. The highest BCUT2D eigenvalue weighted by Crippen LogP contribution is 2.60. The lowest BCUT2D eigenvalue weighted by Crippen LogP contribution is -2.56. The Bertz CT molecular complexity index is 775. The smallest absolute Gasteiger partial charge is 0.312 e. The largest absolute Gasteiger partial charge is 0.352 e. The second-order valence-electron chi connectivity index (χ2n) is 9.02. The Kier molecular flexibility index (Phi) is 5.42. The van der Waals surface area contributed by atoms with E-state index in [-0.39, 0.29) is 17.7 Å². The molecule has 0 saturated heterocycles. The summed E-state index contributed by atoms with van der Waals surface area (Å²) in [7, 11) is 0. The number of primary amides is 1. The molecule has 4 aliphatic carbocycles. The predicted molar refractivity (Wildman–Crippen MR) is 108 cm³/mol. The fraction of sp³-hybridized carbons (Fsp3) is 0.571. The Morgan fingerprint density at radius 2 is 1.55 bits per heavy atom. The Labute approximate surface area is 175 Å². The van der Waals surface area contributed by atoms with Crippen molar-refractivity contribution in [3.05, 3.63) is 34.9 Å². The Morgan fingerprint density at radius 3 is 2.07 bits per heavy atom. The lowest BCUT2D eigenvalue weighted by Gasteiger charge is -2.55. The molecule has 1 aromatic carbocycles. The third-order valence-corrected chi connectivity index (χ3v) is 7.07. The van der Waals surface area contributed by atoms with Crippen LogP contribution < -0.4 is 21.9 Å². The normalized spacial score (nSPS) is 30.4. The van der Waals surface area contributed by atoms with Crippen molar-refractivity contribution in [2.75, 3.05) is 0 Å². The van der Waals surface area contributed by atoms with Crippen molar-refractivity contribution >= 4 is 29.4 Å². The zero-order valence-corrected chi connectivity index (χ0v) is 17.0. The van der Waals surface area contributed by atoms with Gasteiger partial charge in [0.15, 0.2) is 0 Å². The molecule has 0 unspecified atom stereocenters. The highest BCUT2D eigenvalue weighted by Gasteiger charge is 2.54. The summed E-state index contributed by atoms with van der Waals surface area (Å²) in [6.45, 7) is 0. The molecule has 0 heterocycles. The molecular formula is C21H27ClN4O3. The number of halogens is 1. The molecule has 29 heavy (non-hydrogen) atoms. The SMILES string of the molecule is NC(=O)N[C@@H](CC(=O)NNC(=O)C12CC3CC(CC(C3)C1)C2)c1ccc(Cl)cc1. The Hall–Kier alpha value is -2.28. The van der Waals surface area contributed by atoms with Gasteiger partial charge in [0, 0.05) is 5.02 Å². The van der Waals surface area contributed by atoms with Crippen molar-refractivity contribution in [3.63, 3.8) is 0 Å². The van der Waals surface area contributed by atoms with Gasteiger partial charge in [-0.05, 0) is 74.0 Å². The number of rotatable bonds is 5. The number of urea groups is 1. The van der Waals surface area contributed by atoms with Crippen LogP contribution >= 0.6 is 11.6 Å². The molecule has 0 aromatic heterocycles. The highest BCUT2D eigenvalue weighted by molar-refractivity contribution is 6.30. The number of carbonyl (C=O) groups excluding carboxylic acids is 3. The molecule has 4 amide bonds. The highest BCUT2D eigenvalue weighted by atomic mass is 35.5. The van der Waals surface area contributed by atoms with Gasteiger partial charge in [0.1, 0.15) is 0 Å². The average molecular weight is 419 g/mol. The van der Waals surface area contributed by atoms with Crippen molar-refractivity contribution in [1.29, 1.82) is 0 Å². The number of carbonyl (C=O) groups is 3. The summed E-state index contributed by atoms with van der Waals surface area (Å²) in [5.74, 6) is 1.48. The maximum atomic E-state index is 12.9. The van der Waals surface area contributed by atoms with Crippen LogP contribution in [0.3, 0.4) is 0 Å². The minimum atomic E-state index is -0.727. The second-order valence-corrected chi connectivity index (χ2v) is 9.45. The van der Waals surface area contributed by atoms with Gasteiger partial charge in [0.2, 0.25) is 11.8 Å². The van der Waals surface area contributed by atoms with Crippen LogP contribution in [-0.2, 0) is 9.59 Å². The van der Waals surface area contributed by atoms with E-state index in [4.69, 9.17) is 17.3 Å². The summed E-state index contributed by atoms with van der Waals surface area (Å²) in [5.41, 5.74) is 10.8. The van der Waals surface area contributed by atoms with Gasteiger partial charge < -0.3 is 11.1 Å². The summed E-state index contributed by atoms with van der Waals surface area (Å²) in [5, 5.41) is 3.12. The molecule has 7 nitrogen and oxygen atoms in total. The molecule has 4 aliphatic rings. The molecule has 5 N–H and O–H groups in total. The Morgan fingerprint density at radius 1 is 1.00 bits per heavy atom. The van der Waals surface area contributed by atoms with Gasteiger partial charge in [-0.1, -0.05) is 23.7 Å². The number of hydrogen-bond acceptors (Lipinski definition) is 3. The van der Waals surface area contributed by atoms with Crippen LogP contribution in [0.1, 0.15) is 56.6 Å². The monoisotopic (exact) mass is 418 g/mol. The number of hydrazine groups is 1. The predicted octanol–water partition coefficient (Wildman–Crippen LogP) is 2.80. The molecule has 4 fully saturated rings. The lowest BCUT2D eigenvalue weighted by molar-refractivity contribution is -0.149. The summed E-state index contributed by atoms with van der Waals surface area (Å²) in [6.07, 6.45) is 6.49. The maximum Gasteiger partial charge on any atom is 0.312 e. The number of hydrogen-bond donors (Lipinski definition) is 4. The first kappa shape index (κ1) is 20.0. The molecule has 0 spiro atoms. The van der Waals surface area contributed by atoms with Crippen LogP contribution in [0.15, 0.2) is 24.3 Å². The number of nitrogens with two attached hydrogens (primary N) is 1. The van der Waals surface area contributed by atoms with E-state index < -0.39 is 18.0 Å². The quantitative estimate of drug-likeness (QED) is 0.551. The first-order valence-corrected chi connectivity index (χ1v) is 10.6. The number of benzene rings is 1. The van der Waals surface area contributed by atoms with Crippen molar-refractivity contribution in [2.45, 2.75) is 51.0 Å². The standard InChI is InChI=1S/C21H27ClN4O3/c22-16-3-1-15(2-4-16)17(24-20(23)29)8-18(27)25-26-19(28)21-9-12-5-13(10-21)7-14(6-12)11-21/h1-4,12-14,17H,5-11H2,(H,25,27)(H,26,28)(H3,23,24,29)/t12?,13?,14?,17-,21?/m0/s1. The molecule has 1 atom stereocenters. The van der Waals surface area contributed by atoms with Crippen LogP contribution in [0.4, 0.5) is 4.79 Å². The second kappa shape index (κ2) is 7.86. The summed E-state index contributed by atoms with van der Waals surface area (Å²) < 4.78 is 0. The van der Waals surface area contributed by atoms with Gasteiger partial charge in [0.05, 0.1) is 17.9 Å². The Balaban J connectivity index is 1.35. The third-order valence-electron chi connectivity index (χ3n) is 6.81. The molecule has 4 saturated carbocycles. The fourth-order valence-corrected chi connectivity index (χ4v) is 6.13. The van der Waals surface area contributed by atoms with Gasteiger partial charge in [0.25, 0.3) is 0 Å². The van der Waals surface area contributed by atoms with Crippen molar-refractivity contribution < 1.29 is 14.4 Å². The van der Waals surface area contributed by atoms with Gasteiger partial charge in [-0.15, -0.1) is 0 Å². The molecular weight excluding hydrogens is 392 g/mol. The van der Waals surface area contributed by atoms with Crippen LogP contribution in [0.25, 0.3) is 0 Å². The van der Waals surface area contributed by atoms with Gasteiger partial charge in [-0.2, -0.15) is 0 Å². The average Bonchev–Trinajstić information content (AvgIpc) is 2.64. The lowest BCUT2D eigenvalue weighted by atomic mass is 9.49. The minimum Gasteiger partial charge on any atom is -0.352 e. The van der Waals surface area contributed by atoms with E-state index in [1.807, 2.05) is 0 Å². The van der Waals surface area contributed by atoms with E-state index in [2.05, 4.69) is 16.2 Å². The molecule has 8 heteroatoms. The summed E-state index contributed by atoms with van der Waals surface area (Å²) in [6, 6.07) is 5.48. The number of nitrogens with one attached hydrogen (secondary N) is 3. The summed E-state index contributed by atoms with van der Waals surface area (Å²) in [4.78, 5) is 36.7. The van der Waals surface area contributed by atoms with Crippen molar-refractivity contribution in [3.8, 4) is 0 Å². The van der Waals surface area contributed by atoms with E-state index in [0.717, 1.165) is 19.3 Å². The minimum absolute atomic E-state index is 0.0499. The van der Waals surface area contributed by atoms with E-state index in [9.17, 15) is 14.4 Å². The van der Waals surface area contributed by atoms with Crippen molar-refractivity contribution in [2.24, 2.45) is 28.9 Å².